The van der Waals surface area contributed by atoms with Gasteiger partial charge in [-0.2, -0.15) is 0 Å². The van der Waals surface area contributed by atoms with Crippen LogP contribution in [0.5, 0.6) is 0 Å². The van der Waals surface area contributed by atoms with Crippen LogP contribution in [0.1, 0.15) is 39.5 Å². The number of rotatable bonds is 17. The average Bonchev–Trinajstić information content (AvgIpc) is 2.60. The van der Waals surface area contributed by atoms with E-state index in [0.29, 0.717) is 25.7 Å². The molecule has 0 unspecified atom stereocenters. The van der Waals surface area contributed by atoms with E-state index >= 15 is 0 Å². The Kier molecular flexibility index (Phi) is 15.4. The van der Waals surface area contributed by atoms with Crippen LogP contribution in [0.4, 0.5) is 0 Å². The molecule has 0 aromatic heterocycles. The zero-order chi connectivity index (χ0) is 23.4. The first-order valence-electron chi connectivity index (χ1n) is 11.6. The first kappa shape index (κ1) is 30.3. The molecule has 0 aliphatic rings. The van der Waals surface area contributed by atoms with Crippen molar-refractivity contribution in [1.29, 1.82) is 0 Å². The molecule has 0 radical (unpaired) electrons. The van der Waals surface area contributed by atoms with Crippen molar-refractivity contribution in [1.82, 2.24) is 0 Å². The van der Waals surface area contributed by atoms with Crippen molar-refractivity contribution >= 4 is 26.5 Å². The van der Waals surface area contributed by atoms with Gasteiger partial charge in [-0.3, -0.25) is 0 Å². The summed E-state index contributed by atoms with van der Waals surface area (Å²) in [6.45, 7) is 17.5. The van der Waals surface area contributed by atoms with Crippen molar-refractivity contribution in [2.24, 2.45) is 11.8 Å². The Morgan fingerprint density at radius 1 is 1.13 bits per heavy atom. The molecular formula is C24H50O4SiSn. The van der Waals surface area contributed by atoms with Gasteiger partial charge in [0.1, 0.15) is 6.79 Å². The van der Waals surface area contributed by atoms with Crippen LogP contribution in [0.25, 0.3) is 0 Å². The van der Waals surface area contributed by atoms with Crippen LogP contribution in [0.15, 0.2) is 21.8 Å². The predicted molar refractivity (Wildman–Crippen MR) is 135 cm³/mol. The average molecular weight is 549 g/mol. The summed E-state index contributed by atoms with van der Waals surface area (Å²) in [4.78, 5) is 6.94. The molecule has 0 amide bonds. The Hall–Kier alpha value is 0.336. The van der Waals surface area contributed by atoms with Gasteiger partial charge in [0.2, 0.25) is 0 Å². The van der Waals surface area contributed by atoms with Gasteiger partial charge in [-0.05, 0) is 6.04 Å². The molecule has 6 heteroatoms. The number of aliphatic hydroxyl groups is 2. The molecule has 30 heavy (non-hydrogen) atoms. The topological polar surface area (TPSA) is 58.9 Å². The van der Waals surface area contributed by atoms with E-state index in [1.807, 2.05) is 0 Å². The second-order valence-electron chi connectivity index (χ2n) is 11.2. The van der Waals surface area contributed by atoms with Crippen LogP contribution in [0.3, 0.4) is 0 Å². The molecule has 0 bridgehead atoms. The summed E-state index contributed by atoms with van der Waals surface area (Å²) in [6.07, 6.45) is 5.31. The Morgan fingerprint density at radius 3 is 2.30 bits per heavy atom. The van der Waals surface area contributed by atoms with E-state index in [4.69, 9.17) is 9.47 Å². The molecule has 0 aliphatic carbocycles. The van der Waals surface area contributed by atoms with E-state index in [1.165, 1.54) is 15.2 Å². The summed E-state index contributed by atoms with van der Waals surface area (Å²) >= 11 is -2.25. The van der Waals surface area contributed by atoms with Crippen LogP contribution in [-0.2, 0) is 9.47 Å². The van der Waals surface area contributed by atoms with Crippen LogP contribution in [0, 0.1) is 11.8 Å². The van der Waals surface area contributed by atoms with Gasteiger partial charge in [-0.1, -0.05) is 19.6 Å². The van der Waals surface area contributed by atoms with Crippen LogP contribution >= 0.6 is 0 Å². The molecule has 0 aliphatic heterocycles. The summed E-state index contributed by atoms with van der Waals surface area (Å²) < 4.78 is 12.4. The fourth-order valence-electron chi connectivity index (χ4n) is 3.32. The third kappa shape index (κ3) is 16.0. The third-order valence-electron chi connectivity index (χ3n) is 5.55. The summed E-state index contributed by atoms with van der Waals surface area (Å²) in [5.41, 5.74) is 1.23. The Bertz CT molecular complexity index is 508. The first-order chi connectivity index (χ1) is 13.8. The Balaban J connectivity index is 4.08. The van der Waals surface area contributed by atoms with Gasteiger partial charge < -0.3 is 4.74 Å². The normalized spacial score (nSPS) is 16.4. The van der Waals surface area contributed by atoms with Crippen LogP contribution < -0.4 is 0 Å². The van der Waals surface area contributed by atoms with Gasteiger partial charge in [0, 0.05) is 14.7 Å². The Labute approximate surface area is 192 Å². The minimum atomic E-state index is -2.25. The zero-order valence-corrected chi connectivity index (χ0v) is 24.9. The van der Waals surface area contributed by atoms with E-state index in [9.17, 15) is 10.2 Å². The number of allylic oxidation sites excluding steroid dienone is 1. The number of hydrogen-bond acceptors (Lipinski definition) is 4. The summed E-state index contributed by atoms with van der Waals surface area (Å²) in [5, 5.41) is 20.2. The van der Waals surface area contributed by atoms with E-state index < -0.39 is 26.5 Å². The zero-order valence-electron chi connectivity index (χ0n) is 21.1. The molecule has 2 N–H and O–H groups in total. The van der Waals surface area contributed by atoms with Gasteiger partial charge in [0.15, 0.2) is 0 Å². The molecule has 178 valence electrons. The quantitative estimate of drug-likeness (QED) is 0.103. The predicted octanol–water partition coefficient (Wildman–Crippen LogP) is 5.86. The second kappa shape index (κ2) is 15.2. The van der Waals surface area contributed by atoms with Crippen molar-refractivity contribution in [3.63, 3.8) is 0 Å². The van der Waals surface area contributed by atoms with Crippen molar-refractivity contribution in [2.75, 3.05) is 26.6 Å². The minimum absolute atomic E-state index is 0.0512. The summed E-state index contributed by atoms with van der Waals surface area (Å²) in [6, 6.07) is 1.17. The molecule has 0 fully saturated rings. The van der Waals surface area contributed by atoms with Crippen molar-refractivity contribution in [3.05, 3.63) is 21.8 Å². The monoisotopic (exact) mass is 550 g/mol. The molecule has 0 heterocycles. The van der Waals surface area contributed by atoms with Gasteiger partial charge in [-0.15, -0.1) is 0 Å². The van der Waals surface area contributed by atoms with Crippen molar-refractivity contribution in [2.45, 2.75) is 86.1 Å². The van der Waals surface area contributed by atoms with Crippen molar-refractivity contribution in [3.8, 4) is 0 Å². The maximum atomic E-state index is 10.5. The molecule has 3 atom stereocenters. The third-order valence-corrected chi connectivity index (χ3v) is 13.9. The molecule has 0 spiro atoms. The first-order valence-corrected chi connectivity index (χ1v) is 25.2. The summed E-state index contributed by atoms with van der Waals surface area (Å²) in [5.74, 6) is 0.496. The van der Waals surface area contributed by atoms with E-state index in [1.54, 1.807) is 0 Å². The van der Waals surface area contributed by atoms with Gasteiger partial charge in [-0.25, -0.2) is 0 Å². The number of ether oxygens (including phenoxy) is 2. The van der Waals surface area contributed by atoms with Crippen LogP contribution in [-0.4, -0.2) is 69.4 Å². The van der Waals surface area contributed by atoms with E-state index in [0.717, 1.165) is 25.9 Å². The van der Waals surface area contributed by atoms with Crippen molar-refractivity contribution < 1.29 is 19.7 Å². The molecule has 0 aromatic carbocycles. The van der Waals surface area contributed by atoms with E-state index in [2.05, 4.69) is 61.0 Å². The second-order valence-corrected chi connectivity index (χ2v) is 31.5. The van der Waals surface area contributed by atoms with Gasteiger partial charge in [0.05, 0.1) is 0 Å². The fraction of sp³-hybridized carbons (Fsp3) is 0.833. The molecular weight excluding hydrogens is 499 g/mol. The SMILES string of the molecule is C=[C]([C@H](CO)C[C@H](O)C[C@@H](C)CC/C=C(\C)COCOCC[Si](C)(C)C)[Sn]([CH3])([CH3])[CH3]. The molecule has 0 aromatic rings. The molecule has 0 saturated carbocycles. The number of hydrogen-bond donors (Lipinski definition) is 2. The molecule has 0 rings (SSSR count). The van der Waals surface area contributed by atoms with Gasteiger partial charge in [0.25, 0.3) is 0 Å². The van der Waals surface area contributed by atoms with Gasteiger partial charge >= 0.3 is 141 Å². The molecule has 4 nitrogen and oxygen atoms in total. The maximum absolute atomic E-state index is 10.5. The van der Waals surface area contributed by atoms with Crippen LogP contribution in [0.2, 0.25) is 40.5 Å². The fourth-order valence-corrected chi connectivity index (χ4v) is 8.17. The van der Waals surface area contributed by atoms with E-state index in [-0.39, 0.29) is 18.6 Å². The molecule has 0 saturated heterocycles. The summed E-state index contributed by atoms with van der Waals surface area (Å²) in [7, 11) is -1.03. The Morgan fingerprint density at radius 2 is 1.77 bits per heavy atom. The standard InChI is InChI=1S/C21H41O4Si.3CH3.Sn/c1-7-20(15-22)14-21(23)13-18(2)9-8-10-19(3)16-25-17-24-11-12-26(4,5)6;;;;/h10,18,20-23H,1,8-9,11-17H2,2-6H3;3*1H3;/b19-10+;;;;/t18-,20-,21+;;;;/m0..../s1. The number of aliphatic hydroxyl groups excluding tert-OH is 2.